The molecule has 1 aromatic rings. The van der Waals surface area contributed by atoms with Gasteiger partial charge in [0.2, 0.25) is 11.8 Å². The van der Waals surface area contributed by atoms with Crippen LogP contribution in [0.5, 0.6) is 5.75 Å². The van der Waals surface area contributed by atoms with Crippen molar-refractivity contribution in [2.75, 3.05) is 53.4 Å². The molecule has 156 valence electrons. The highest BCUT2D eigenvalue weighted by Gasteiger charge is 2.24. The molecule has 1 saturated heterocycles. The fourth-order valence-electron chi connectivity index (χ4n) is 3.29. The van der Waals surface area contributed by atoms with Crippen LogP contribution in [0.15, 0.2) is 24.3 Å². The van der Waals surface area contributed by atoms with Gasteiger partial charge in [0.1, 0.15) is 5.75 Å². The SMILES string of the molecule is COc1cccc(CN(C)CC(=O)N2CCN(CC(=O)NC(C)(C)C)CC2)c1. The van der Waals surface area contributed by atoms with Crippen LogP contribution in [0.4, 0.5) is 0 Å². The number of hydrogen-bond donors (Lipinski definition) is 1. The van der Waals surface area contributed by atoms with Crippen LogP contribution < -0.4 is 10.1 Å². The molecule has 1 heterocycles. The fraction of sp³-hybridized carbons (Fsp3) is 0.619. The minimum absolute atomic E-state index is 0.0327. The Morgan fingerprint density at radius 2 is 1.86 bits per heavy atom. The Bertz CT molecular complexity index is 664. The molecule has 1 aromatic carbocycles. The predicted molar refractivity (Wildman–Crippen MR) is 110 cm³/mol. The zero-order chi connectivity index (χ0) is 20.7. The number of ether oxygens (including phenoxy) is 1. The lowest BCUT2D eigenvalue weighted by Gasteiger charge is -2.35. The molecular weight excluding hydrogens is 356 g/mol. The van der Waals surface area contributed by atoms with Crippen molar-refractivity contribution in [3.05, 3.63) is 29.8 Å². The van der Waals surface area contributed by atoms with Crippen molar-refractivity contribution < 1.29 is 14.3 Å². The molecule has 1 aliphatic rings. The molecule has 0 unspecified atom stereocenters. The third-order valence-electron chi connectivity index (χ3n) is 4.60. The molecule has 7 nitrogen and oxygen atoms in total. The Morgan fingerprint density at radius 1 is 1.18 bits per heavy atom. The van der Waals surface area contributed by atoms with Crippen molar-refractivity contribution in [3.8, 4) is 5.75 Å². The number of nitrogens with one attached hydrogen (secondary N) is 1. The first-order chi connectivity index (χ1) is 13.2. The van der Waals surface area contributed by atoms with Gasteiger partial charge in [-0.15, -0.1) is 0 Å². The van der Waals surface area contributed by atoms with E-state index in [1.807, 2.05) is 61.9 Å². The van der Waals surface area contributed by atoms with E-state index in [-0.39, 0.29) is 17.4 Å². The van der Waals surface area contributed by atoms with Gasteiger partial charge in [-0.25, -0.2) is 0 Å². The summed E-state index contributed by atoms with van der Waals surface area (Å²) in [5.41, 5.74) is 0.895. The van der Waals surface area contributed by atoms with Crippen molar-refractivity contribution in [1.29, 1.82) is 0 Å². The number of benzene rings is 1. The highest BCUT2D eigenvalue weighted by atomic mass is 16.5. The summed E-state index contributed by atoms with van der Waals surface area (Å²) in [5, 5.41) is 2.98. The second kappa shape index (κ2) is 9.89. The average Bonchev–Trinajstić information content (AvgIpc) is 2.60. The van der Waals surface area contributed by atoms with E-state index < -0.39 is 0 Å². The van der Waals surface area contributed by atoms with Crippen LogP contribution in [0.25, 0.3) is 0 Å². The van der Waals surface area contributed by atoms with Gasteiger partial charge in [0.25, 0.3) is 0 Å². The summed E-state index contributed by atoms with van der Waals surface area (Å²) >= 11 is 0. The molecule has 0 atom stereocenters. The molecule has 0 aromatic heterocycles. The van der Waals surface area contributed by atoms with Crippen LogP contribution in [0.3, 0.4) is 0 Å². The van der Waals surface area contributed by atoms with Crippen LogP contribution in [0.2, 0.25) is 0 Å². The van der Waals surface area contributed by atoms with Gasteiger partial charge in [-0.1, -0.05) is 12.1 Å². The second-order valence-corrected chi connectivity index (χ2v) is 8.48. The normalized spacial score (nSPS) is 15.6. The Balaban J connectivity index is 1.74. The van der Waals surface area contributed by atoms with E-state index in [0.717, 1.165) is 24.4 Å². The highest BCUT2D eigenvalue weighted by Crippen LogP contribution is 2.14. The number of carbonyl (C=O) groups excluding carboxylic acids is 2. The second-order valence-electron chi connectivity index (χ2n) is 8.48. The molecule has 2 rings (SSSR count). The van der Waals surface area contributed by atoms with Gasteiger partial charge in [0.15, 0.2) is 0 Å². The van der Waals surface area contributed by atoms with E-state index in [0.29, 0.717) is 32.7 Å². The van der Waals surface area contributed by atoms with Crippen LogP contribution in [0.1, 0.15) is 26.3 Å². The van der Waals surface area contributed by atoms with Crippen molar-refractivity contribution in [2.24, 2.45) is 0 Å². The Hall–Kier alpha value is -2.12. The lowest BCUT2D eigenvalue weighted by molar-refractivity contribution is -0.134. The zero-order valence-electron chi connectivity index (χ0n) is 17.8. The standard InChI is InChI=1S/C21H34N4O3/c1-21(2,3)22-19(26)15-24-9-11-25(12-10-24)20(27)16-23(4)14-17-7-6-8-18(13-17)28-5/h6-8,13H,9-12,14-16H2,1-5H3,(H,22,26). The number of piperazine rings is 1. The van der Waals surface area contributed by atoms with Crippen molar-refractivity contribution in [2.45, 2.75) is 32.9 Å². The van der Waals surface area contributed by atoms with Gasteiger partial charge in [-0.05, 0) is 45.5 Å². The van der Waals surface area contributed by atoms with Gasteiger partial charge in [-0.3, -0.25) is 19.4 Å². The molecule has 1 aliphatic heterocycles. The number of rotatable bonds is 7. The quantitative estimate of drug-likeness (QED) is 0.758. The summed E-state index contributed by atoms with van der Waals surface area (Å²) in [4.78, 5) is 30.7. The van der Waals surface area contributed by atoms with Gasteiger partial charge in [0, 0.05) is 38.3 Å². The lowest BCUT2D eigenvalue weighted by atomic mass is 10.1. The number of likely N-dealkylation sites (N-methyl/N-ethyl adjacent to an activating group) is 1. The maximum absolute atomic E-state index is 12.6. The number of nitrogens with zero attached hydrogens (tertiary/aromatic N) is 3. The summed E-state index contributed by atoms with van der Waals surface area (Å²) < 4.78 is 5.25. The minimum atomic E-state index is -0.220. The lowest BCUT2D eigenvalue weighted by Crippen LogP contribution is -2.54. The fourth-order valence-corrected chi connectivity index (χ4v) is 3.29. The molecule has 1 N–H and O–H groups in total. The van der Waals surface area contributed by atoms with Crippen LogP contribution >= 0.6 is 0 Å². The topological polar surface area (TPSA) is 65.1 Å². The Morgan fingerprint density at radius 3 is 2.46 bits per heavy atom. The number of methoxy groups -OCH3 is 1. The molecule has 0 spiro atoms. The number of hydrogen-bond acceptors (Lipinski definition) is 5. The predicted octanol–water partition coefficient (Wildman–Crippen LogP) is 1.19. The van der Waals surface area contributed by atoms with Gasteiger partial charge in [0.05, 0.1) is 20.2 Å². The summed E-state index contributed by atoms with van der Waals surface area (Å²) in [6.07, 6.45) is 0. The first-order valence-corrected chi connectivity index (χ1v) is 9.79. The highest BCUT2D eigenvalue weighted by molar-refractivity contribution is 5.79. The Kier molecular flexibility index (Phi) is 7.83. The van der Waals surface area contributed by atoms with Crippen molar-refractivity contribution in [1.82, 2.24) is 20.0 Å². The first kappa shape index (κ1) is 22.2. The molecule has 1 fully saturated rings. The molecule has 0 radical (unpaired) electrons. The van der Waals surface area contributed by atoms with E-state index in [4.69, 9.17) is 4.74 Å². The molecule has 0 aliphatic carbocycles. The third-order valence-corrected chi connectivity index (χ3v) is 4.60. The van der Waals surface area contributed by atoms with E-state index in [9.17, 15) is 9.59 Å². The molecule has 2 amide bonds. The van der Waals surface area contributed by atoms with E-state index in [2.05, 4.69) is 10.2 Å². The summed E-state index contributed by atoms with van der Waals surface area (Å²) in [6.45, 7) is 10.2. The molecule has 7 heteroatoms. The summed E-state index contributed by atoms with van der Waals surface area (Å²) in [5.74, 6) is 0.985. The van der Waals surface area contributed by atoms with E-state index >= 15 is 0 Å². The monoisotopic (exact) mass is 390 g/mol. The van der Waals surface area contributed by atoms with Gasteiger partial charge < -0.3 is 15.0 Å². The van der Waals surface area contributed by atoms with Crippen LogP contribution in [-0.4, -0.2) is 85.5 Å². The van der Waals surface area contributed by atoms with Gasteiger partial charge in [-0.2, -0.15) is 0 Å². The zero-order valence-corrected chi connectivity index (χ0v) is 17.8. The van der Waals surface area contributed by atoms with Crippen molar-refractivity contribution >= 4 is 11.8 Å². The molecule has 0 bridgehead atoms. The average molecular weight is 391 g/mol. The first-order valence-electron chi connectivity index (χ1n) is 9.79. The molecular formula is C21H34N4O3. The van der Waals surface area contributed by atoms with Gasteiger partial charge >= 0.3 is 0 Å². The van der Waals surface area contributed by atoms with Crippen LogP contribution in [-0.2, 0) is 16.1 Å². The minimum Gasteiger partial charge on any atom is -0.497 e. The van der Waals surface area contributed by atoms with Crippen molar-refractivity contribution in [3.63, 3.8) is 0 Å². The maximum Gasteiger partial charge on any atom is 0.236 e. The van der Waals surface area contributed by atoms with E-state index in [1.54, 1.807) is 7.11 Å². The summed E-state index contributed by atoms with van der Waals surface area (Å²) in [7, 11) is 3.60. The molecule has 28 heavy (non-hydrogen) atoms. The summed E-state index contributed by atoms with van der Waals surface area (Å²) in [6, 6.07) is 7.89. The molecule has 0 saturated carbocycles. The largest absolute Gasteiger partial charge is 0.497 e. The van der Waals surface area contributed by atoms with Crippen LogP contribution in [0, 0.1) is 0 Å². The number of carbonyl (C=O) groups is 2. The maximum atomic E-state index is 12.6. The van der Waals surface area contributed by atoms with E-state index in [1.165, 1.54) is 0 Å². The smallest absolute Gasteiger partial charge is 0.236 e. The number of amides is 2. The Labute approximate surface area is 168 Å². The third kappa shape index (κ3) is 7.48.